The van der Waals surface area contributed by atoms with Gasteiger partial charge in [-0.15, -0.1) is 0 Å². The van der Waals surface area contributed by atoms with E-state index in [9.17, 15) is 19.2 Å². The van der Waals surface area contributed by atoms with Crippen molar-refractivity contribution in [3.63, 3.8) is 0 Å². The first-order valence-electron chi connectivity index (χ1n) is 21.5. The number of nitrogens with one attached hydrogen (secondary N) is 2. The first kappa shape index (κ1) is 43.6. The van der Waals surface area contributed by atoms with Crippen molar-refractivity contribution in [2.45, 2.75) is 80.1 Å². The van der Waals surface area contributed by atoms with Crippen molar-refractivity contribution in [3.05, 3.63) is 76.1 Å². The molecule has 20 nitrogen and oxygen atoms in total. The lowest BCUT2D eigenvalue weighted by Crippen LogP contribution is -2.37. The van der Waals surface area contributed by atoms with Crippen LogP contribution in [0.2, 0.25) is 0 Å². The second-order valence-corrected chi connectivity index (χ2v) is 15.9. The number of aryl methyl sites for hydroxylation is 7. The van der Waals surface area contributed by atoms with Gasteiger partial charge in [-0.25, -0.2) is 9.97 Å². The van der Waals surface area contributed by atoms with Crippen LogP contribution in [-0.2, 0) is 30.9 Å². The predicted octanol–water partition coefficient (Wildman–Crippen LogP) is 4.77. The number of aromatic nitrogens is 8. The predicted molar refractivity (Wildman–Crippen MR) is 239 cm³/mol. The molecule has 7 aromatic rings. The molecular weight excluding hydrogens is 823 g/mol. The smallest absolute Gasteiger partial charge is 0.276 e. The molecule has 0 spiro atoms. The van der Waals surface area contributed by atoms with Gasteiger partial charge in [-0.05, 0) is 90.3 Å². The van der Waals surface area contributed by atoms with Gasteiger partial charge in [-0.3, -0.25) is 44.1 Å². The number of imidazole rings is 2. The van der Waals surface area contributed by atoms with E-state index in [2.05, 4.69) is 25.7 Å². The maximum Gasteiger partial charge on any atom is 0.276 e. The third kappa shape index (κ3) is 8.78. The van der Waals surface area contributed by atoms with E-state index in [4.69, 9.17) is 35.3 Å². The summed E-state index contributed by atoms with van der Waals surface area (Å²) >= 11 is 0. The number of benzene rings is 2. The highest BCUT2D eigenvalue weighted by atomic mass is 16.5. The lowest BCUT2D eigenvalue weighted by molar-refractivity contribution is 0.0358. The fraction of sp³-hybridized carbons (Fsp3) is 0.409. The van der Waals surface area contributed by atoms with E-state index < -0.39 is 23.6 Å². The molecule has 1 fully saturated rings. The summed E-state index contributed by atoms with van der Waals surface area (Å²) < 4.78 is 24.9. The van der Waals surface area contributed by atoms with E-state index in [1.54, 1.807) is 46.6 Å². The van der Waals surface area contributed by atoms with Crippen LogP contribution in [0.1, 0.15) is 92.0 Å². The van der Waals surface area contributed by atoms with Crippen molar-refractivity contribution in [3.8, 4) is 5.75 Å². The van der Waals surface area contributed by atoms with E-state index in [-0.39, 0.29) is 23.0 Å². The van der Waals surface area contributed by atoms with Crippen LogP contribution in [0, 0.1) is 20.8 Å². The van der Waals surface area contributed by atoms with E-state index in [0.29, 0.717) is 126 Å². The van der Waals surface area contributed by atoms with Gasteiger partial charge in [-0.2, -0.15) is 10.2 Å². The first-order chi connectivity index (χ1) is 30.8. The van der Waals surface area contributed by atoms with Crippen LogP contribution in [-0.4, -0.2) is 107 Å². The summed E-state index contributed by atoms with van der Waals surface area (Å²) in [6.07, 6.45) is 1.80. The maximum atomic E-state index is 13.9. The lowest BCUT2D eigenvalue weighted by atomic mass is 10.1. The van der Waals surface area contributed by atoms with Gasteiger partial charge in [0.05, 0.1) is 53.3 Å². The summed E-state index contributed by atoms with van der Waals surface area (Å²) in [6, 6.07) is 10.1. The number of carbonyl (C=O) groups excluding carboxylic acids is 4. The summed E-state index contributed by atoms with van der Waals surface area (Å²) in [5.74, 6) is -0.616. The molecule has 64 heavy (non-hydrogen) atoms. The zero-order valence-corrected chi connectivity index (χ0v) is 36.7. The minimum atomic E-state index is -0.670. The zero-order valence-electron chi connectivity index (χ0n) is 36.7. The minimum Gasteiger partial charge on any atom is -0.491 e. The molecule has 5 aromatic heterocycles. The Morgan fingerprint density at radius 2 is 1.30 bits per heavy atom. The van der Waals surface area contributed by atoms with Crippen molar-refractivity contribution >= 4 is 68.6 Å². The van der Waals surface area contributed by atoms with Crippen LogP contribution in [0.15, 0.2) is 40.8 Å². The zero-order chi connectivity index (χ0) is 45.2. The highest BCUT2D eigenvalue weighted by molar-refractivity contribution is 6.14. The number of nitrogens with zero attached hydrogens (tertiary/aromatic N) is 9. The molecule has 0 saturated carbocycles. The van der Waals surface area contributed by atoms with Crippen LogP contribution in [0.4, 0.5) is 11.9 Å². The largest absolute Gasteiger partial charge is 0.491 e. The molecule has 1 aliphatic rings. The third-order valence-corrected chi connectivity index (χ3v) is 11.3. The third-order valence-electron chi connectivity index (χ3n) is 11.3. The van der Waals surface area contributed by atoms with E-state index in [1.165, 1.54) is 0 Å². The number of hydrogen-bond donors (Lipinski definition) is 4. The number of carbonyl (C=O) groups is 4. The molecule has 336 valence electrons. The number of unbranched alkanes of at least 4 members (excludes halogenated alkanes) is 1. The summed E-state index contributed by atoms with van der Waals surface area (Å²) in [5.41, 5.74) is 16.6. The summed E-state index contributed by atoms with van der Waals surface area (Å²) in [4.78, 5) is 64.9. The molecule has 0 radical (unpaired) electrons. The number of amides is 4. The molecule has 0 unspecified atom stereocenters. The number of furan rings is 1. The number of rotatable bonds is 18. The molecule has 0 bridgehead atoms. The van der Waals surface area contributed by atoms with Gasteiger partial charge in [0.15, 0.2) is 0 Å². The molecule has 6 heterocycles. The Morgan fingerprint density at radius 1 is 0.719 bits per heavy atom. The van der Waals surface area contributed by atoms with E-state index >= 15 is 0 Å². The number of nitrogens with two attached hydrogens (primary N) is 2. The van der Waals surface area contributed by atoms with Gasteiger partial charge in [-0.1, -0.05) is 0 Å². The highest BCUT2D eigenvalue weighted by Crippen LogP contribution is 2.35. The minimum absolute atomic E-state index is 0.176. The molecule has 2 aromatic carbocycles. The molecule has 1 aliphatic heterocycles. The second-order valence-electron chi connectivity index (χ2n) is 15.9. The van der Waals surface area contributed by atoms with Crippen LogP contribution in [0.25, 0.3) is 33.0 Å². The Hall–Kier alpha value is -7.06. The lowest BCUT2D eigenvalue weighted by Gasteiger charge is -2.26. The Labute approximate surface area is 367 Å². The van der Waals surface area contributed by atoms with Crippen LogP contribution in [0.5, 0.6) is 5.75 Å². The van der Waals surface area contributed by atoms with E-state index in [0.717, 1.165) is 26.1 Å². The SMILES string of the molecule is CCn1nc(C)cc1C(=O)Nc1nc2cc(C(N)=O)cc(OCCCN3CCOCC3)c2n1CCCCn1c(NC(=O)c2cc(C)nn2CC)nc2cc(C(N)=O)c3oc(C)cc3c21. The number of anilines is 2. The van der Waals surface area contributed by atoms with Crippen LogP contribution < -0.4 is 26.8 Å². The molecule has 4 amide bonds. The number of hydrogen-bond acceptors (Lipinski definition) is 12. The monoisotopic (exact) mass is 875 g/mol. The first-order valence-corrected chi connectivity index (χ1v) is 21.5. The van der Waals surface area contributed by atoms with Gasteiger partial charge < -0.3 is 34.5 Å². The van der Waals surface area contributed by atoms with Gasteiger partial charge in [0.1, 0.15) is 34.0 Å². The number of morpholine rings is 1. The molecule has 0 aliphatic carbocycles. The molecular formula is C44H53N13O7. The fourth-order valence-electron chi connectivity index (χ4n) is 8.34. The van der Waals surface area contributed by atoms with Gasteiger partial charge >= 0.3 is 0 Å². The normalized spacial score (nSPS) is 13.3. The molecule has 8 rings (SSSR count). The van der Waals surface area contributed by atoms with Crippen molar-refractivity contribution in [1.29, 1.82) is 0 Å². The number of primary amides is 2. The summed E-state index contributed by atoms with van der Waals surface area (Å²) in [5, 5.41) is 15.5. The second kappa shape index (κ2) is 18.3. The van der Waals surface area contributed by atoms with Crippen LogP contribution in [0.3, 0.4) is 0 Å². The quantitative estimate of drug-likeness (QED) is 0.0851. The van der Waals surface area contributed by atoms with Crippen molar-refractivity contribution < 1.29 is 33.1 Å². The Kier molecular flexibility index (Phi) is 12.5. The standard InChI is InChI=1S/C44H53N13O7/c1-6-56-33(19-25(3)51-56)41(60)49-43-48-32-24-30(40(46)59)38-29(21-27(5)64-38)36(32)54(43)12-8-9-13-55-37-31(47-44(55)50-42(61)34-20-26(4)52-57(34)7-2)22-28(39(45)58)23-35(37)63-16-10-11-53-14-17-62-18-15-53/h19-24H,6-18H2,1-5H3,(H2,45,58)(H2,46,59)(H,47,50,61)(H,48,49,60). The molecule has 20 heteroatoms. The Bertz CT molecular complexity index is 2910. The van der Waals surface area contributed by atoms with Gasteiger partial charge in [0.2, 0.25) is 17.8 Å². The highest BCUT2D eigenvalue weighted by Gasteiger charge is 2.25. The van der Waals surface area contributed by atoms with Gasteiger partial charge in [0.25, 0.3) is 17.7 Å². The van der Waals surface area contributed by atoms with Crippen molar-refractivity contribution in [1.82, 2.24) is 43.6 Å². The topological polar surface area (TPSA) is 250 Å². The summed E-state index contributed by atoms with van der Waals surface area (Å²) in [7, 11) is 0. The Balaban J connectivity index is 1.13. The molecule has 1 saturated heterocycles. The average molecular weight is 876 g/mol. The van der Waals surface area contributed by atoms with Crippen molar-refractivity contribution in [2.75, 3.05) is 50.1 Å². The molecule has 6 N–H and O–H groups in total. The fourth-order valence-corrected chi connectivity index (χ4v) is 8.34. The van der Waals surface area contributed by atoms with Crippen LogP contribution >= 0.6 is 0 Å². The molecule has 0 atom stereocenters. The number of ether oxygens (including phenoxy) is 2. The maximum absolute atomic E-state index is 13.9. The average Bonchev–Trinajstić information content (AvgIpc) is 4.09. The number of fused-ring (bicyclic) bond motifs is 4. The van der Waals surface area contributed by atoms with Crippen molar-refractivity contribution in [2.24, 2.45) is 11.5 Å². The van der Waals surface area contributed by atoms with Gasteiger partial charge in [0, 0.05) is 56.8 Å². The van der Waals surface area contributed by atoms with E-state index in [1.807, 2.05) is 42.9 Å². The Morgan fingerprint density at radius 3 is 1.86 bits per heavy atom. The summed E-state index contributed by atoms with van der Waals surface area (Å²) in [6.45, 7) is 15.2.